The first-order valence-corrected chi connectivity index (χ1v) is 12.6. The minimum absolute atomic E-state index is 0.0890. The summed E-state index contributed by atoms with van der Waals surface area (Å²) in [6, 6.07) is 16.6. The van der Waals surface area contributed by atoms with Gasteiger partial charge >= 0.3 is 0 Å². The highest BCUT2D eigenvalue weighted by atomic mass is 32.2. The molecule has 0 aliphatic carbocycles. The number of nitrogens with one attached hydrogen (secondary N) is 1. The van der Waals surface area contributed by atoms with Crippen LogP contribution < -0.4 is 10.2 Å². The molecule has 0 atom stereocenters. The Hall–Kier alpha value is -3.26. The average molecular weight is 478 g/mol. The number of carbonyl (C=O) groups excluding carboxylic acids is 2. The van der Waals surface area contributed by atoms with E-state index in [-0.39, 0.29) is 17.6 Å². The fourth-order valence-electron chi connectivity index (χ4n) is 4.06. The Morgan fingerprint density at radius 1 is 1.03 bits per heavy atom. The maximum Gasteiger partial charge on any atom is 0.230 e. The first kappa shape index (κ1) is 23.9. The van der Waals surface area contributed by atoms with Gasteiger partial charge in [-0.3, -0.25) is 14.2 Å². The van der Waals surface area contributed by atoms with Crippen molar-refractivity contribution in [3.8, 4) is 5.69 Å². The first-order valence-electron chi connectivity index (χ1n) is 11.6. The smallest absolute Gasteiger partial charge is 0.230 e. The van der Waals surface area contributed by atoms with Gasteiger partial charge in [-0.1, -0.05) is 42.1 Å². The van der Waals surface area contributed by atoms with Crippen molar-refractivity contribution in [3.63, 3.8) is 0 Å². The Bertz CT molecular complexity index is 1120. The van der Waals surface area contributed by atoms with Crippen molar-refractivity contribution in [2.75, 3.05) is 43.4 Å². The molecule has 1 fully saturated rings. The molecule has 0 saturated carbocycles. The van der Waals surface area contributed by atoms with Gasteiger partial charge in [-0.25, -0.2) is 4.98 Å². The number of thioether (sulfide) groups is 1. The molecule has 8 heteroatoms. The number of benzene rings is 2. The number of rotatable bonds is 8. The summed E-state index contributed by atoms with van der Waals surface area (Å²) in [6.45, 7) is 7.54. The van der Waals surface area contributed by atoms with Crippen LogP contribution in [0.3, 0.4) is 0 Å². The lowest BCUT2D eigenvalue weighted by atomic mass is 10.1. The lowest BCUT2D eigenvalue weighted by Gasteiger charge is -2.36. The van der Waals surface area contributed by atoms with Gasteiger partial charge in [0.05, 0.1) is 11.4 Å². The summed E-state index contributed by atoms with van der Waals surface area (Å²) in [7, 11) is 0. The molecule has 3 aromatic rings. The van der Waals surface area contributed by atoms with Gasteiger partial charge in [0.1, 0.15) is 0 Å². The zero-order chi connectivity index (χ0) is 23.9. The highest BCUT2D eigenvalue weighted by Gasteiger charge is 2.21. The molecule has 0 spiro atoms. The van der Waals surface area contributed by atoms with Gasteiger partial charge in [0.2, 0.25) is 11.8 Å². The SMILES string of the molecule is Cc1ccc(C)c(-n2ccnc2SCC(=O)NCCC(=O)N2CCN(c3ccccc3)CC2)c1. The highest BCUT2D eigenvalue weighted by molar-refractivity contribution is 7.99. The standard InChI is InChI=1S/C26H31N5O2S/c1-20-8-9-21(2)23(18-20)31-13-12-28-26(31)34-19-24(32)27-11-10-25(33)30-16-14-29(15-17-30)22-6-4-3-5-7-22/h3-9,12-13,18H,10-11,14-17,19H2,1-2H3,(H,27,32). The predicted octanol–water partition coefficient (Wildman–Crippen LogP) is 3.44. The summed E-state index contributed by atoms with van der Waals surface area (Å²) in [5, 5.41) is 3.65. The number of hydrogen-bond donors (Lipinski definition) is 1. The Morgan fingerprint density at radius 3 is 2.56 bits per heavy atom. The van der Waals surface area contributed by atoms with Crippen LogP contribution in [0, 0.1) is 13.8 Å². The minimum Gasteiger partial charge on any atom is -0.368 e. The van der Waals surface area contributed by atoms with Crippen molar-refractivity contribution in [3.05, 3.63) is 72.1 Å². The van der Waals surface area contributed by atoms with Crippen LogP contribution >= 0.6 is 11.8 Å². The maximum absolute atomic E-state index is 12.6. The van der Waals surface area contributed by atoms with Gasteiger partial charge < -0.3 is 15.1 Å². The molecular weight excluding hydrogens is 446 g/mol. The molecule has 7 nitrogen and oxygen atoms in total. The van der Waals surface area contributed by atoms with Crippen molar-refractivity contribution >= 4 is 29.3 Å². The van der Waals surface area contributed by atoms with Crippen LogP contribution in [0.4, 0.5) is 5.69 Å². The number of anilines is 1. The number of hydrogen-bond acceptors (Lipinski definition) is 5. The molecule has 0 unspecified atom stereocenters. The summed E-state index contributed by atoms with van der Waals surface area (Å²) >= 11 is 1.40. The summed E-state index contributed by atoms with van der Waals surface area (Å²) in [6.07, 6.45) is 3.98. The van der Waals surface area contributed by atoms with E-state index in [0.29, 0.717) is 26.1 Å². The van der Waals surface area contributed by atoms with E-state index in [9.17, 15) is 9.59 Å². The number of amides is 2. The van der Waals surface area contributed by atoms with Crippen molar-refractivity contribution in [1.29, 1.82) is 0 Å². The lowest BCUT2D eigenvalue weighted by molar-refractivity contribution is -0.131. The van der Waals surface area contributed by atoms with E-state index in [1.165, 1.54) is 23.0 Å². The number of para-hydroxylation sites is 1. The first-order chi connectivity index (χ1) is 16.5. The third-order valence-electron chi connectivity index (χ3n) is 5.98. The van der Waals surface area contributed by atoms with Gasteiger partial charge in [-0.2, -0.15) is 0 Å². The third kappa shape index (κ3) is 5.99. The van der Waals surface area contributed by atoms with Gasteiger partial charge in [-0.05, 0) is 43.2 Å². The monoisotopic (exact) mass is 477 g/mol. The van der Waals surface area contributed by atoms with E-state index in [4.69, 9.17) is 0 Å². The molecule has 0 bridgehead atoms. The van der Waals surface area contributed by atoms with Crippen LogP contribution in [0.2, 0.25) is 0 Å². The van der Waals surface area contributed by atoms with E-state index >= 15 is 0 Å². The second-order valence-electron chi connectivity index (χ2n) is 8.46. The molecule has 178 valence electrons. The molecule has 4 rings (SSSR count). The molecule has 1 aliphatic rings. The molecular formula is C26H31N5O2S. The van der Waals surface area contributed by atoms with Crippen LogP contribution in [-0.2, 0) is 9.59 Å². The van der Waals surface area contributed by atoms with Crippen LogP contribution in [0.15, 0.2) is 66.1 Å². The van der Waals surface area contributed by atoms with E-state index < -0.39 is 0 Å². The van der Waals surface area contributed by atoms with E-state index in [1.807, 2.05) is 33.9 Å². The molecule has 1 aliphatic heterocycles. The number of imidazole rings is 1. The minimum atomic E-state index is -0.0952. The lowest BCUT2D eigenvalue weighted by Crippen LogP contribution is -2.49. The number of aromatic nitrogens is 2. The number of nitrogens with zero attached hydrogens (tertiary/aromatic N) is 4. The largest absolute Gasteiger partial charge is 0.368 e. The molecule has 2 amide bonds. The number of aryl methyl sites for hydroxylation is 2. The number of piperazine rings is 1. The summed E-state index contributed by atoms with van der Waals surface area (Å²) in [4.78, 5) is 33.5. The average Bonchev–Trinajstić information content (AvgIpc) is 3.33. The van der Waals surface area contributed by atoms with Crippen molar-refractivity contribution in [1.82, 2.24) is 19.8 Å². The third-order valence-corrected chi connectivity index (χ3v) is 6.94. The molecule has 2 heterocycles. The second kappa shape index (κ2) is 11.2. The highest BCUT2D eigenvalue weighted by Crippen LogP contribution is 2.23. The van der Waals surface area contributed by atoms with Crippen LogP contribution in [0.5, 0.6) is 0 Å². The zero-order valence-corrected chi connectivity index (χ0v) is 20.6. The van der Waals surface area contributed by atoms with Gasteiger partial charge in [-0.15, -0.1) is 0 Å². The van der Waals surface area contributed by atoms with Crippen molar-refractivity contribution < 1.29 is 9.59 Å². The van der Waals surface area contributed by atoms with Gasteiger partial charge in [0.15, 0.2) is 5.16 Å². The van der Waals surface area contributed by atoms with Crippen LogP contribution in [0.1, 0.15) is 17.5 Å². The quantitative estimate of drug-likeness (QED) is 0.504. The molecule has 1 aromatic heterocycles. The maximum atomic E-state index is 12.6. The van der Waals surface area contributed by atoms with Gasteiger partial charge in [0.25, 0.3) is 0 Å². The van der Waals surface area contributed by atoms with Gasteiger partial charge in [0, 0.05) is 57.2 Å². The Morgan fingerprint density at radius 2 is 1.79 bits per heavy atom. The molecule has 1 saturated heterocycles. The summed E-state index contributed by atoms with van der Waals surface area (Å²) in [5.74, 6) is 0.250. The molecule has 0 radical (unpaired) electrons. The Balaban J connectivity index is 1.19. The predicted molar refractivity (Wildman–Crippen MR) is 137 cm³/mol. The molecule has 2 aromatic carbocycles. The fraction of sp³-hybridized carbons (Fsp3) is 0.346. The van der Waals surface area contributed by atoms with Crippen LogP contribution in [-0.4, -0.2) is 64.7 Å². The Labute approximate surface area is 205 Å². The summed E-state index contributed by atoms with van der Waals surface area (Å²) in [5.41, 5.74) is 4.59. The number of carbonyl (C=O) groups is 2. The summed E-state index contributed by atoms with van der Waals surface area (Å²) < 4.78 is 2.01. The second-order valence-corrected chi connectivity index (χ2v) is 9.40. The van der Waals surface area contributed by atoms with Crippen molar-refractivity contribution in [2.24, 2.45) is 0 Å². The van der Waals surface area contributed by atoms with E-state index in [2.05, 4.69) is 59.4 Å². The fourth-order valence-corrected chi connectivity index (χ4v) is 4.86. The zero-order valence-electron chi connectivity index (χ0n) is 19.7. The Kier molecular flexibility index (Phi) is 7.90. The van der Waals surface area contributed by atoms with Crippen molar-refractivity contribution in [2.45, 2.75) is 25.4 Å². The normalized spacial score (nSPS) is 13.7. The van der Waals surface area contributed by atoms with E-state index in [1.54, 1.807) is 6.20 Å². The molecule has 1 N–H and O–H groups in total. The molecule has 34 heavy (non-hydrogen) atoms. The van der Waals surface area contributed by atoms with Crippen LogP contribution in [0.25, 0.3) is 5.69 Å². The topological polar surface area (TPSA) is 70.5 Å². The van der Waals surface area contributed by atoms with E-state index in [0.717, 1.165) is 29.5 Å².